The van der Waals surface area contributed by atoms with Crippen molar-refractivity contribution < 1.29 is 14.3 Å². The number of carbonyl (C=O) groups excluding carboxylic acids is 2. The summed E-state index contributed by atoms with van der Waals surface area (Å²) in [4.78, 5) is 30.0. The summed E-state index contributed by atoms with van der Waals surface area (Å²) in [6.07, 6.45) is 0. The van der Waals surface area contributed by atoms with Gasteiger partial charge in [-0.2, -0.15) is 4.98 Å². The quantitative estimate of drug-likeness (QED) is 0.782. The van der Waals surface area contributed by atoms with Gasteiger partial charge in [0.2, 0.25) is 11.9 Å². The van der Waals surface area contributed by atoms with E-state index in [-0.39, 0.29) is 5.82 Å². The Bertz CT molecular complexity index is 898. The van der Waals surface area contributed by atoms with E-state index in [0.717, 1.165) is 11.3 Å². The molecule has 26 heavy (non-hydrogen) atoms. The van der Waals surface area contributed by atoms with Gasteiger partial charge in [0.25, 0.3) is 5.82 Å². The van der Waals surface area contributed by atoms with E-state index in [4.69, 9.17) is 5.73 Å². The third-order valence-electron chi connectivity index (χ3n) is 4.21. The first-order chi connectivity index (χ1) is 12.3. The van der Waals surface area contributed by atoms with Crippen LogP contribution in [0.4, 0.5) is 11.6 Å². The number of allylic oxidation sites excluding steroid dienone is 1. The summed E-state index contributed by atoms with van der Waals surface area (Å²) in [6, 6.07) is 7.06. The van der Waals surface area contributed by atoms with Gasteiger partial charge in [-0.15, -0.1) is 5.10 Å². The zero-order chi connectivity index (χ0) is 19.0. The average molecular weight is 356 g/mol. The molecule has 1 aromatic carbocycles. The number of rotatable bonds is 4. The normalized spacial score (nSPS) is 15.9. The Morgan fingerprint density at radius 2 is 1.92 bits per heavy atom. The number of primary amides is 1. The van der Waals surface area contributed by atoms with Crippen LogP contribution in [0, 0.1) is 0 Å². The maximum absolute atomic E-state index is 12.1. The lowest BCUT2D eigenvalue weighted by atomic mass is 9.95. The number of nitrogens with two attached hydrogens (primary N) is 1. The Balaban J connectivity index is 2.14. The van der Waals surface area contributed by atoms with Crippen LogP contribution in [-0.4, -0.2) is 47.8 Å². The molecule has 0 saturated heterocycles. The second-order valence-corrected chi connectivity index (χ2v) is 6.11. The number of hydrogen-bond acceptors (Lipinski definition) is 7. The van der Waals surface area contributed by atoms with Crippen molar-refractivity contribution in [1.82, 2.24) is 14.8 Å². The molecule has 0 bridgehead atoms. The highest BCUT2D eigenvalue weighted by atomic mass is 16.5. The predicted octanol–water partition coefficient (Wildman–Crippen LogP) is 0.905. The summed E-state index contributed by atoms with van der Waals surface area (Å²) in [6.45, 7) is 1.73. The minimum absolute atomic E-state index is 0.0940. The largest absolute Gasteiger partial charge is 0.463 e. The lowest BCUT2D eigenvalue weighted by molar-refractivity contribution is -0.115. The van der Waals surface area contributed by atoms with E-state index in [0.29, 0.717) is 17.2 Å². The van der Waals surface area contributed by atoms with Gasteiger partial charge in [0.15, 0.2) is 0 Å². The zero-order valence-corrected chi connectivity index (χ0v) is 15.0. The third-order valence-corrected chi connectivity index (χ3v) is 4.21. The summed E-state index contributed by atoms with van der Waals surface area (Å²) in [5.74, 6) is -0.982. The Hall–Kier alpha value is -3.36. The molecule has 0 saturated carbocycles. The van der Waals surface area contributed by atoms with Crippen LogP contribution in [-0.2, 0) is 9.53 Å². The van der Waals surface area contributed by atoms with Gasteiger partial charge >= 0.3 is 5.97 Å². The molecule has 2 heterocycles. The number of ether oxygens (including phenoxy) is 1. The Labute approximate surface area is 150 Å². The molecule has 136 valence electrons. The SMILES string of the molecule is COC(=O)c1nc2n(n1)C(c1ccc(N(C)C)cc1)C(C(N)=O)=C(C)N2. The van der Waals surface area contributed by atoms with Crippen molar-refractivity contribution in [3.05, 3.63) is 46.9 Å². The molecular weight excluding hydrogens is 336 g/mol. The van der Waals surface area contributed by atoms with Crippen molar-refractivity contribution in [2.45, 2.75) is 13.0 Å². The molecule has 1 amide bonds. The molecule has 1 atom stereocenters. The van der Waals surface area contributed by atoms with Crippen molar-refractivity contribution in [2.75, 3.05) is 31.4 Å². The third kappa shape index (κ3) is 2.87. The van der Waals surface area contributed by atoms with E-state index in [2.05, 4.69) is 20.1 Å². The lowest BCUT2D eigenvalue weighted by Crippen LogP contribution is -2.31. The van der Waals surface area contributed by atoms with E-state index in [1.54, 1.807) is 6.92 Å². The molecule has 1 aromatic heterocycles. The summed E-state index contributed by atoms with van der Waals surface area (Å²) >= 11 is 0. The molecule has 0 spiro atoms. The number of methoxy groups -OCH3 is 1. The van der Waals surface area contributed by atoms with Crippen LogP contribution in [0.1, 0.15) is 29.1 Å². The fraction of sp³-hybridized carbons (Fsp3) is 0.294. The molecule has 0 fully saturated rings. The first-order valence-corrected chi connectivity index (χ1v) is 7.93. The van der Waals surface area contributed by atoms with Crippen LogP contribution >= 0.6 is 0 Å². The summed E-state index contributed by atoms with van der Waals surface area (Å²) in [5.41, 5.74) is 8.35. The van der Waals surface area contributed by atoms with E-state index in [1.807, 2.05) is 43.3 Å². The summed E-state index contributed by atoms with van der Waals surface area (Å²) in [5, 5.41) is 7.19. The van der Waals surface area contributed by atoms with Crippen molar-refractivity contribution >= 4 is 23.5 Å². The van der Waals surface area contributed by atoms with Crippen LogP contribution in [0.2, 0.25) is 0 Å². The average Bonchev–Trinajstić information content (AvgIpc) is 3.03. The van der Waals surface area contributed by atoms with Gasteiger partial charge < -0.3 is 20.7 Å². The van der Waals surface area contributed by atoms with Gasteiger partial charge in [-0.05, 0) is 24.6 Å². The molecule has 3 rings (SSSR count). The first-order valence-electron chi connectivity index (χ1n) is 7.93. The minimum Gasteiger partial charge on any atom is -0.463 e. The van der Waals surface area contributed by atoms with Gasteiger partial charge in [0, 0.05) is 25.5 Å². The van der Waals surface area contributed by atoms with E-state index < -0.39 is 17.9 Å². The number of esters is 1. The van der Waals surface area contributed by atoms with Gasteiger partial charge in [0.05, 0.1) is 12.7 Å². The highest BCUT2D eigenvalue weighted by Gasteiger charge is 2.34. The summed E-state index contributed by atoms with van der Waals surface area (Å²) < 4.78 is 6.16. The Kier molecular flexibility index (Phi) is 4.37. The number of hydrogen-bond donors (Lipinski definition) is 2. The number of anilines is 2. The molecule has 9 nitrogen and oxygen atoms in total. The monoisotopic (exact) mass is 356 g/mol. The molecule has 1 aliphatic heterocycles. The molecular formula is C17H20N6O3. The topological polar surface area (TPSA) is 115 Å². The fourth-order valence-corrected chi connectivity index (χ4v) is 2.91. The van der Waals surface area contributed by atoms with Crippen LogP contribution in [0.25, 0.3) is 0 Å². The molecule has 1 aliphatic rings. The van der Waals surface area contributed by atoms with Gasteiger partial charge in [-0.1, -0.05) is 12.1 Å². The van der Waals surface area contributed by atoms with Gasteiger partial charge in [0.1, 0.15) is 6.04 Å². The van der Waals surface area contributed by atoms with E-state index >= 15 is 0 Å². The number of fused-ring (bicyclic) bond motifs is 1. The van der Waals surface area contributed by atoms with Crippen LogP contribution in [0.3, 0.4) is 0 Å². The van der Waals surface area contributed by atoms with Crippen molar-refractivity contribution in [3.63, 3.8) is 0 Å². The van der Waals surface area contributed by atoms with Crippen molar-refractivity contribution in [2.24, 2.45) is 5.73 Å². The second-order valence-electron chi connectivity index (χ2n) is 6.11. The Morgan fingerprint density at radius 1 is 1.27 bits per heavy atom. The van der Waals surface area contributed by atoms with E-state index in [9.17, 15) is 9.59 Å². The van der Waals surface area contributed by atoms with Gasteiger partial charge in [-0.3, -0.25) is 4.79 Å². The van der Waals surface area contributed by atoms with Crippen LogP contribution < -0.4 is 16.0 Å². The zero-order valence-electron chi connectivity index (χ0n) is 15.0. The molecule has 9 heteroatoms. The van der Waals surface area contributed by atoms with Crippen molar-refractivity contribution in [3.8, 4) is 0 Å². The highest BCUT2D eigenvalue weighted by molar-refractivity contribution is 5.95. The summed E-state index contributed by atoms with van der Waals surface area (Å²) in [7, 11) is 5.14. The molecule has 1 unspecified atom stereocenters. The number of carbonyl (C=O) groups is 2. The Morgan fingerprint density at radius 3 is 2.46 bits per heavy atom. The molecule has 3 N–H and O–H groups in total. The maximum atomic E-state index is 12.1. The highest BCUT2D eigenvalue weighted by Crippen LogP contribution is 2.35. The van der Waals surface area contributed by atoms with Gasteiger partial charge in [-0.25, -0.2) is 9.48 Å². The first kappa shape index (κ1) is 17.5. The number of aromatic nitrogens is 3. The van der Waals surface area contributed by atoms with E-state index in [1.165, 1.54) is 11.8 Å². The maximum Gasteiger partial charge on any atom is 0.378 e. The smallest absolute Gasteiger partial charge is 0.378 e. The molecule has 0 radical (unpaired) electrons. The standard InChI is InChI=1S/C17H20N6O3/c1-9-12(14(18)24)13(10-5-7-11(8-6-10)22(2)3)23-17(19-9)20-15(21-23)16(25)26-4/h5-8,13H,1-4H3,(H2,18,24)(H,19,20,21). The second kappa shape index (κ2) is 6.51. The molecule has 0 aliphatic carbocycles. The van der Waals surface area contributed by atoms with Crippen molar-refractivity contribution in [1.29, 1.82) is 0 Å². The molecule has 2 aromatic rings. The number of nitrogens with zero attached hydrogens (tertiary/aromatic N) is 4. The fourth-order valence-electron chi connectivity index (χ4n) is 2.91. The predicted molar refractivity (Wildman–Crippen MR) is 95.8 cm³/mol. The lowest BCUT2D eigenvalue weighted by Gasteiger charge is -2.28. The number of benzene rings is 1. The minimum atomic E-state index is -0.659. The van der Waals surface area contributed by atoms with Crippen LogP contribution in [0.5, 0.6) is 0 Å². The van der Waals surface area contributed by atoms with Crippen LogP contribution in [0.15, 0.2) is 35.5 Å². The number of nitrogens with one attached hydrogen (secondary N) is 1. The number of amides is 1.